The summed E-state index contributed by atoms with van der Waals surface area (Å²) in [7, 11) is 1.52. The molecule has 4 amide bonds. The van der Waals surface area contributed by atoms with Crippen molar-refractivity contribution < 1.29 is 19.2 Å². The first-order valence-electron chi connectivity index (χ1n) is 11.3. The van der Waals surface area contributed by atoms with Gasteiger partial charge in [0.05, 0.1) is 6.04 Å². The molecule has 8 nitrogen and oxygen atoms in total. The van der Waals surface area contributed by atoms with Crippen LogP contribution in [0, 0.1) is 17.8 Å². The number of ketones is 1. The SMILES string of the molecule is C#CCCC(NC(=O)C1CCCN1C(=O)C(NC(=O)NC)C1(C)CCCCC1)C(C)=O. The number of rotatable bonds is 8. The van der Waals surface area contributed by atoms with Gasteiger partial charge in [-0.2, -0.15) is 0 Å². The molecule has 2 aliphatic rings. The monoisotopic (exact) mass is 432 g/mol. The van der Waals surface area contributed by atoms with Gasteiger partial charge in [-0.15, -0.1) is 12.3 Å². The molecular formula is C23H36N4O4. The van der Waals surface area contributed by atoms with Crippen LogP contribution in [-0.4, -0.2) is 60.2 Å². The van der Waals surface area contributed by atoms with Gasteiger partial charge in [-0.25, -0.2) is 4.79 Å². The molecule has 1 saturated heterocycles. The van der Waals surface area contributed by atoms with Gasteiger partial charge in [-0.3, -0.25) is 14.4 Å². The standard InChI is InChI=1S/C23H36N4O4/c1-5-6-11-17(16(2)28)25-20(29)18-12-10-15-27(18)21(30)19(26-22(31)24-4)23(3)13-8-7-9-14-23/h1,17-19H,6-15H2,2-4H3,(H,25,29)(H2,24,26,31). The second-order valence-electron chi connectivity index (χ2n) is 8.98. The van der Waals surface area contributed by atoms with E-state index in [0.29, 0.717) is 32.2 Å². The van der Waals surface area contributed by atoms with E-state index >= 15 is 0 Å². The minimum Gasteiger partial charge on any atom is -0.344 e. The summed E-state index contributed by atoms with van der Waals surface area (Å²) in [6.45, 7) is 3.92. The molecule has 3 unspecified atom stereocenters. The van der Waals surface area contributed by atoms with E-state index in [4.69, 9.17) is 6.42 Å². The van der Waals surface area contributed by atoms with Crippen molar-refractivity contribution >= 4 is 23.6 Å². The second-order valence-corrected chi connectivity index (χ2v) is 8.98. The van der Waals surface area contributed by atoms with Gasteiger partial charge in [-0.1, -0.05) is 26.2 Å². The summed E-state index contributed by atoms with van der Waals surface area (Å²) in [5.74, 6) is 1.76. The van der Waals surface area contributed by atoms with Crippen LogP contribution in [0.2, 0.25) is 0 Å². The highest BCUT2D eigenvalue weighted by atomic mass is 16.2. The molecule has 3 N–H and O–H groups in total. The molecule has 0 spiro atoms. The average Bonchev–Trinajstić information content (AvgIpc) is 3.24. The van der Waals surface area contributed by atoms with E-state index in [9.17, 15) is 19.2 Å². The van der Waals surface area contributed by atoms with E-state index < -0.39 is 24.2 Å². The molecule has 0 radical (unpaired) electrons. The molecule has 172 valence electrons. The number of Topliss-reactive ketones (excluding diaryl/α,β-unsaturated/α-hetero) is 1. The maximum absolute atomic E-state index is 13.6. The molecule has 1 aliphatic heterocycles. The predicted molar refractivity (Wildman–Crippen MR) is 118 cm³/mol. The minimum absolute atomic E-state index is 0.159. The molecule has 31 heavy (non-hydrogen) atoms. The van der Waals surface area contributed by atoms with Crippen LogP contribution < -0.4 is 16.0 Å². The number of amides is 4. The molecule has 2 fully saturated rings. The highest BCUT2D eigenvalue weighted by Gasteiger charge is 2.46. The summed E-state index contributed by atoms with van der Waals surface area (Å²) in [5.41, 5.74) is -0.361. The van der Waals surface area contributed by atoms with Crippen LogP contribution in [0.4, 0.5) is 4.79 Å². The highest BCUT2D eigenvalue weighted by Crippen LogP contribution is 2.40. The van der Waals surface area contributed by atoms with E-state index in [2.05, 4.69) is 21.9 Å². The van der Waals surface area contributed by atoms with Gasteiger partial charge < -0.3 is 20.9 Å². The van der Waals surface area contributed by atoms with Crippen LogP contribution in [0.5, 0.6) is 0 Å². The van der Waals surface area contributed by atoms with Crippen molar-refractivity contribution in [1.82, 2.24) is 20.9 Å². The summed E-state index contributed by atoms with van der Waals surface area (Å²) in [6, 6.07) is -2.42. The fourth-order valence-corrected chi connectivity index (χ4v) is 4.73. The number of likely N-dealkylation sites (tertiary alicyclic amines) is 1. The molecular weight excluding hydrogens is 396 g/mol. The van der Waals surface area contributed by atoms with Crippen molar-refractivity contribution in [2.45, 2.75) is 89.8 Å². The lowest BCUT2D eigenvalue weighted by atomic mass is 9.70. The number of urea groups is 1. The quantitative estimate of drug-likeness (QED) is 0.508. The number of terminal acetylenes is 1. The highest BCUT2D eigenvalue weighted by molar-refractivity contribution is 5.94. The van der Waals surface area contributed by atoms with Crippen LogP contribution in [0.15, 0.2) is 0 Å². The zero-order valence-corrected chi connectivity index (χ0v) is 19.0. The molecule has 1 aliphatic carbocycles. The fraction of sp³-hybridized carbons (Fsp3) is 0.739. The van der Waals surface area contributed by atoms with E-state index in [1.54, 1.807) is 4.90 Å². The Morgan fingerprint density at radius 1 is 1.13 bits per heavy atom. The van der Waals surface area contributed by atoms with Crippen LogP contribution in [0.1, 0.15) is 71.6 Å². The number of hydrogen-bond acceptors (Lipinski definition) is 4. The van der Waals surface area contributed by atoms with Crippen LogP contribution >= 0.6 is 0 Å². The molecule has 0 aromatic carbocycles. The average molecular weight is 433 g/mol. The summed E-state index contributed by atoms with van der Waals surface area (Å²) < 4.78 is 0. The number of carbonyl (C=O) groups excluding carboxylic acids is 4. The molecule has 3 atom stereocenters. The number of nitrogens with one attached hydrogen (secondary N) is 3. The molecule has 1 heterocycles. The van der Waals surface area contributed by atoms with Gasteiger partial charge in [0, 0.05) is 20.0 Å². The van der Waals surface area contributed by atoms with Gasteiger partial charge in [0.15, 0.2) is 5.78 Å². The Balaban J connectivity index is 2.19. The third kappa shape index (κ3) is 6.22. The van der Waals surface area contributed by atoms with Gasteiger partial charge >= 0.3 is 6.03 Å². The van der Waals surface area contributed by atoms with E-state index in [1.807, 2.05) is 6.92 Å². The van der Waals surface area contributed by atoms with Gasteiger partial charge in [-0.05, 0) is 44.4 Å². The van der Waals surface area contributed by atoms with Crippen molar-refractivity contribution in [3.63, 3.8) is 0 Å². The molecule has 0 aromatic rings. The lowest BCUT2D eigenvalue weighted by molar-refractivity contribution is -0.143. The Bertz CT molecular complexity index is 724. The summed E-state index contributed by atoms with van der Waals surface area (Å²) in [5, 5.41) is 8.17. The normalized spacial score (nSPS) is 22.0. The number of carbonyl (C=O) groups is 4. The van der Waals surface area contributed by atoms with Crippen molar-refractivity contribution in [3.05, 3.63) is 0 Å². The smallest absolute Gasteiger partial charge is 0.315 e. The maximum atomic E-state index is 13.6. The molecule has 2 rings (SSSR count). The summed E-state index contributed by atoms with van der Waals surface area (Å²) >= 11 is 0. The lowest BCUT2D eigenvalue weighted by Crippen LogP contribution is -2.60. The topological polar surface area (TPSA) is 108 Å². The van der Waals surface area contributed by atoms with Crippen LogP contribution in [0.25, 0.3) is 0 Å². The molecule has 0 bridgehead atoms. The lowest BCUT2D eigenvalue weighted by Gasteiger charge is -2.42. The van der Waals surface area contributed by atoms with Crippen molar-refractivity contribution in [3.8, 4) is 12.3 Å². The van der Waals surface area contributed by atoms with Gasteiger partial charge in [0.2, 0.25) is 11.8 Å². The van der Waals surface area contributed by atoms with Crippen molar-refractivity contribution in [2.24, 2.45) is 5.41 Å². The second kappa shape index (κ2) is 11.2. The largest absolute Gasteiger partial charge is 0.344 e. The Kier molecular flexibility index (Phi) is 8.90. The van der Waals surface area contributed by atoms with E-state index in [1.165, 1.54) is 14.0 Å². The third-order valence-electron chi connectivity index (χ3n) is 6.67. The molecule has 1 saturated carbocycles. The van der Waals surface area contributed by atoms with Crippen LogP contribution in [0.3, 0.4) is 0 Å². The Labute approximate surface area is 185 Å². The zero-order chi connectivity index (χ0) is 23.0. The summed E-state index contributed by atoms with van der Waals surface area (Å²) in [4.78, 5) is 52.2. The Hall–Kier alpha value is -2.56. The van der Waals surface area contributed by atoms with Crippen molar-refractivity contribution in [2.75, 3.05) is 13.6 Å². The van der Waals surface area contributed by atoms with Crippen LogP contribution in [-0.2, 0) is 14.4 Å². The Morgan fingerprint density at radius 2 is 1.81 bits per heavy atom. The molecule has 0 aromatic heterocycles. The summed E-state index contributed by atoms with van der Waals surface area (Å²) in [6.07, 6.45) is 12.1. The maximum Gasteiger partial charge on any atom is 0.315 e. The van der Waals surface area contributed by atoms with Gasteiger partial charge in [0.25, 0.3) is 0 Å². The first-order chi connectivity index (χ1) is 14.7. The number of hydrogen-bond donors (Lipinski definition) is 3. The Morgan fingerprint density at radius 3 is 2.39 bits per heavy atom. The minimum atomic E-state index is -0.703. The zero-order valence-electron chi connectivity index (χ0n) is 19.0. The van der Waals surface area contributed by atoms with Gasteiger partial charge in [0.1, 0.15) is 12.1 Å². The number of nitrogens with zero attached hydrogens (tertiary/aromatic N) is 1. The third-order valence-corrected chi connectivity index (χ3v) is 6.67. The van der Waals surface area contributed by atoms with Crippen molar-refractivity contribution in [1.29, 1.82) is 0 Å². The molecule has 8 heteroatoms. The fourth-order valence-electron chi connectivity index (χ4n) is 4.73. The van der Waals surface area contributed by atoms with E-state index in [-0.39, 0.29) is 23.0 Å². The predicted octanol–water partition coefficient (Wildman–Crippen LogP) is 1.73. The van der Waals surface area contributed by atoms with E-state index in [0.717, 1.165) is 32.1 Å². The first kappa shape index (κ1) is 24.7. The first-order valence-corrected chi connectivity index (χ1v) is 11.3.